The molecule has 2 heterocycles. The Morgan fingerprint density at radius 1 is 1.10 bits per heavy atom. The molecule has 1 N–H and O–H groups in total. The Hall–Kier alpha value is -3.26. The number of anilines is 2. The molecule has 3 aromatic rings. The molecule has 0 atom stereocenters. The lowest BCUT2D eigenvalue weighted by Crippen LogP contribution is -2.50. The molecule has 1 aromatic heterocycles. The van der Waals surface area contributed by atoms with Crippen LogP contribution in [0.3, 0.4) is 0 Å². The van der Waals surface area contributed by atoms with Crippen LogP contribution in [0, 0.1) is 0 Å². The molecule has 0 radical (unpaired) electrons. The molecule has 1 aliphatic rings. The Morgan fingerprint density at radius 3 is 2.52 bits per heavy atom. The molecule has 9 heteroatoms. The van der Waals surface area contributed by atoms with Gasteiger partial charge >= 0.3 is 12.0 Å². The van der Waals surface area contributed by atoms with Crippen LogP contribution in [0.4, 0.5) is 16.5 Å². The van der Waals surface area contributed by atoms with Crippen molar-refractivity contribution in [3.8, 4) is 17.1 Å². The van der Waals surface area contributed by atoms with E-state index in [2.05, 4.69) is 15.5 Å². The van der Waals surface area contributed by atoms with Gasteiger partial charge in [-0.3, -0.25) is 0 Å². The van der Waals surface area contributed by atoms with Crippen molar-refractivity contribution in [1.29, 1.82) is 0 Å². The first-order valence-electron chi connectivity index (χ1n) is 9.17. The number of halogens is 1. The van der Waals surface area contributed by atoms with Crippen LogP contribution in [0.5, 0.6) is 5.75 Å². The summed E-state index contributed by atoms with van der Waals surface area (Å²) in [6.07, 6.45) is 0. The number of carbonyl (C=O) groups is 1. The molecular formula is C20H20ClN5O3. The fourth-order valence-electron chi connectivity index (χ4n) is 3.06. The normalized spacial score (nSPS) is 14.0. The van der Waals surface area contributed by atoms with Crippen molar-refractivity contribution < 1.29 is 14.1 Å². The van der Waals surface area contributed by atoms with Crippen LogP contribution in [-0.2, 0) is 0 Å². The molecule has 2 amide bonds. The Morgan fingerprint density at radius 2 is 1.83 bits per heavy atom. The van der Waals surface area contributed by atoms with Crippen LogP contribution in [0.2, 0.25) is 5.02 Å². The van der Waals surface area contributed by atoms with Gasteiger partial charge in [0.25, 0.3) is 0 Å². The van der Waals surface area contributed by atoms with E-state index in [1.54, 1.807) is 24.1 Å². The van der Waals surface area contributed by atoms with Crippen LogP contribution in [0.1, 0.15) is 0 Å². The number of urea groups is 1. The highest BCUT2D eigenvalue weighted by atomic mass is 35.5. The summed E-state index contributed by atoms with van der Waals surface area (Å²) in [5.41, 5.74) is 1.45. The highest BCUT2D eigenvalue weighted by Crippen LogP contribution is 2.24. The molecule has 29 heavy (non-hydrogen) atoms. The van der Waals surface area contributed by atoms with Crippen molar-refractivity contribution in [2.24, 2.45) is 0 Å². The van der Waals surface area contributed by atoms with E-state index in [0.29, 0.717) is 48.7 Å². The van der Waals surface area contributed by atoms with E-state index in [9.17, 15) is 4.79 Å². The predicted molar refractivity (Wildman–Crippen MR) is 111 cm³/mol. The number of para-hydroxylation sites is 1. The average Bonchev–Trinajstić information content (AvgIpc) is 3.26. The van der Waals surface area contributed by atoms with Gasteiger partial charge in [0.1, 0.15) is 5.75 Å². The number of methoxy groups -OCH3 is 1. The summed E-state index contributed by atoms with van der Waals surface area (Å²) < 4.78 is 10.6. The Labute approximate surface area is 173 Å². The van der Waals surface area contributed by atoms with E-state index in [1.807, 2.05) is 41.3 Å². The zero-order chi connectivity index (χ0) is 20.2. The average molecular weight is 414 g/mol. The van der Waals surface area contributed by atoms with Crippen molar-refractivity contribution in [3.63, 3.8) is 0 Å². The Balaban J connectivity index is 1.35. The number of piperazine rings is 1. The number of benzene rings is 2. The summed E-state index contributed by atoms with van der Waals surface area (Å²) in [6.45, 7) is 2.27. The fourth-order valence-corrected chi connectivity index (χ4v) is 3.24. The Bertz CT molecular complexity index is 984. The Kier molecular flexibility index (Phi) is 5.53. The van der Waals surface area contributed by atoms with Gasteiger partial charge in [0.2, 0.25) is 5.82 Å². The molecule has 0 saturated carbocycles. The van der Waals surface area contributed by atoms with Gasteiger partial charge in [0.05, 0.1) is 17.8 Å². The third-order valence-electron chi connectivity index (χ3n) is 4.72. The van der Waals surface area contributed by atoms with Crippen LogP contribution >= 0.6 is 11.6 Å². The van der Waals surface area contributed by atoms with E-state index in [1.165, 1.54) is 0 Å². The van der Waals surface area contributed by atoms with Crippen molar-refractivity contribution in [3.05, 3.63) is 53.6 Å². The first-order valence-corrected chi connectivity index (χ1v) is 9.55. The van der Waals surface area contributed by atoms with Crippen LogP contribution in [0.25, 0.3) is 11.4 Å². The maximum Gasteiger partial charge on any atom is 0.324 e. The number of rotatable bonds is 4. The minimum Gasteiger partial charge on any atom is -0.497 e. The van der Waals surface area contributed by atoms with Crippen molar-refractivity contribution in [1.82, 2.24) is 15.0 Å². The second-order valence-corrected chi connectivity index (χ2v) is 6.92. The van der Waals surface area contributed by atoms with Gasteiger partial charge in [-0.1, -0.05) is 28.9 Å². The third kappa shape index (κ3) is 4.27. The van der Waals surface area contributed by atoms with Crippen LogP contribution < -0.4 is 15.0 Å². The first-order chi connectivity index (χ1) is 14.1. The molecule has 150 valence electrons. The maximum atomic E-state index is 12.5. The number of nitrogens with one attached hydrogen (secondary N) is 1. The van der Waals surface area contributed by atoms with Crippen molar-refractivity contribution in [2.45, 2.75) is 0 Å². The molecule has 0 spiro atoms. The number of hydrogen-bond acceptors (Lipinski definition) is 6. The van der Waals surface area contributed by atoms with E-state index in [4.69, 9.17) is 20.9 Å². The summed E-state index contributed by atoms with van der Waals surface area (Å²) in [6, 6.07) is 14.9. The largest absolute Gasteiger partial charge is 0.497 e. The summed E-state index contributed by atoms with van der Waals surface area (Å²) in [5, 5.41) is 7.42. The lowest BCUT2D eigenvalue weighted by molar-refractivity contribution is 0.206. The molecule has 8 nitrogen and oxygen atoms in total. The van der Waals surface area contributed by atoms with Crippen molar-refractivity contribution >= 4 is 29.3 Å². The van der Waals surface area contributed by atoms with Crippen LogP contribution in [0.15, 0.2) is 53.1 Å². The molecule has 1 saturated heterocycles. The van der Waals surface area contributed by atoms with Gasteiger partial charge in [-0.2, -0.15) is 4.98 Å². The van der Waals surface area contributed by atoms with Crippen molar-refractivity contribution in [2.75, 3.05) is 43.5 Å². The molecule has 1 aliphatic heterocycles. The van der Waals surface area contributed by atoms with E-state index >= 15 is 0 Å². The number of amides is 2. The maximum absolute atomic E-state index is 12.5. The minimum atomic E-state index is -0.179. The summed E-state index contributed by atoms with van der Waals surface area (Å²) in [4.78, 5) is 20.7. The SMILES string of the molecule is COc1ccc(-c2noc(N3CCN(C(=O)Nc4ccccc4Cl)CC3)n2)cc1. The predicted octanol–water partition coefficient (Wildman–Crippen LogP) is 3.75. The van der Waals surface area contributed by atoms with Gasteiger partial charge in [0.15, 0.2) is 0 Å². The quantitative estimate of drug-likeness (QED) is 0.701. The minimum absolute atomic E-state index is 0.179. The number of aromatic nitrogens is 2. The molecule has 0 unspecified atom stereocenters. The van der Waals surface area contributed by atoms with Gasteiger partial charge in [0, 0.05) is 31.7 Å². The molecular weight excluding hydrogens is 394 g/mol. The molecule has 2 aromatic carbocycles. The first kappa shape index (κ1) is 19.1. The number of hydrogen-bond donors (Lipinski definition) is 1. The lowest BCUT2D eigenvalue weighted by atomic mass is 10.2. The monoisotopic (exact) mass is 413 g/mol. The number of nitrogens with zero attached hydrogens (tertiary/aromatic N) is 4. The summed E-state index contributed by atoms with van der Waals surface area (Å²) >= 11 is 6.10. The third-order valence-corrected chi connectivity index (χ3v) is 5.05. The summed E-state index contributed by atoms with van der Waals surface area (Å²) in [7, 11) is 1.62. The standard InChI is InChI=1S/C20H20ClN5O3/c1-28-15-8-6-14(7-9-15)18-23-20(29-24-18)26-12-10-25(11-13-26)19(27)22-17-5-3-2-4-16(17)21/h2-9H,10-13H2,1H3,(H,22,27). The van der Waals surface area contributed by atoms with Gasteiger partial charge in [-0.15, -0.1) is 0 Å². The van der Waals surface area contributed by atoms with E-state index in [0.717, 1.165) is 11.3 Å². The molecule has 0 aliphatic carbocycles. The van der Waals surface area contributed by atoms with E-state index < -0.39 is 0 Å². The second kappa shape index (κ2) is 8.40. The number of ether oxygens (including phenoxy) is 1. The van der Waals surface area contributed by atoms with Gasteiger partial charge in [-0.25, -0.2) is 4.79 Å². The zero-order valence-electron chi connectivity index (χ0n) is 15.8. The number of carbonyl (C=O) groups excluding carboxylic acids is 1. The zero-order valence-corrected chi connectivity index (χ0v) is 16.6. The molecule has 0 bridgehead atoms. The lowest BCUT2D eigenvalue weighted by Gasteiger charge is -2.33. The van der Waals surface area contributed by atoms with Crippen LogP contribution in [-0.4, -0.2) is 54.4 Å². The second-order valence-electron chi connectivity index (χ2n) is 6.51. The van der Waals surface area contributed by atoms with E-state index in [-0.39, 0.29) is 6.03 Å². The summed E-state index contributed by atoms with van der Waals surface area (Å²) in [5.74, 6) is 1.28. The van der Waals surface area contributed by atoms with Gasteiger partial charge in [-0.05, 0) is 36.4 Å². The van der Waals surface area contributed by atoms with Gasteiger partial charge < -0.3 is 24.4 Å². The highest BCUT2D eigenvalue weighted by Gasteiger charge is 2.25. The highest BCUT2D eigenvalue weighted by molar-refractivity contribution is 6.33. The molecule has 1 fully saturated rings. The molecule has 4 rings (SSSR count). The topological polar surface area (TPSA) is 83.7 Å². The fraction of sp³-hybridized carbons (Fsp3) is 0.250. The smallest absolute Gasteiger partial charge is 0.324 e.